The summed E-state index contributed by atoms with van der Waals surface area (Å²) in [6, 6.07) is 0.157. The molecule has 0 bridgehead atoms. The molecular weight excluding hydrogens is 306 g/mol. The fourth-order valence-electron chi connectivity index (χ4n) is 4.24. The molecule has 0 radical (unpaired) electrons. The van der Waals surface area contributed by atoms with E-state index in [0.717, 1.165) is 65.1 Å². The third-order valence-corrected chi connectivity index (χ3v) is 5.74. The van der Waals surface area contributed by atoms with E-state index in [1.807, 2.05) is 6.92 Å². The van der Waals surface area contributed by atoms with Gasteiger partial charge in [-0.3, -0.25) is 4.90 Å². The van der Waals surface area contributed by atoms with E-state index >= 15 is 0 Å². The lowest BCUT2D eigenvalue weighted by Crippen LogP contribution is -2.67. The minimum absolute atomic E-state index is 0.0478. The highest BCUT2D eigenvalue weighted by Gasteiger charge is 2.56. The molecule has 0 aromatic carbocycles. The average molecular weight is 337 g/mol. The van der Waals surface area contributed by atoms with Crippen LogP contribution in [-0.4, -0.2) is 69.1 Å². The van der Waals surface area contributed by atoms with Crippen LogP contribution in [0.4, 0.5) is 4.79 Å². The van der Waals surface area contributed by atoms with E-state index in [-0.39, 0.29) is 23.6 Å². The number of carbonyl (C=O) groups is 1. The van der Waals surface area contributed by atoms with Crippen molar-refractivity contribution in [2.75, 3.05) is 46.0 Å². The van der Waals surface area contributed by atoms with E-state index in [2.05, 4.69) is 27.7 Å². The van der Waals surface area contributed by atoms with E-state index in [9.17, 15) is 4.79 Å². The normalized spacial score (nSPS) is 29.2. The highest BCUT2D eigenvalue weighted by molar-refractivity contribution is 5.74. The van der Waals surface area contributed by atoms with Crippen molar-refractivity contribution >= 4 is 6.03 Å². The summed E-state index contributed by atoms with van der Waals surface area (Å²) in [6.07, 6.45) is 8.65. The number of ether oxygens (including phenoxy) is 2. The largest absolute Gasteiger partial charge is 0.381 e. The second kappa shape index (κ2) is 8.32. The smallest absolute Gasteiger partial charge is 0.315 e. The zero-order valence-corrected chi connectivity index (χ0v) is 14.8. The molecule has 2 amide bonds. The molecule has 2 heterocycles. The summed E-state index contributed by atoms with van der Waals surface area (Å²) in [5.41, 5.74) is 0.0727. The number of hydrogen-bond acceptors (Lipinski definition) is 4. The second-order valence-corrected chi connectivity index (χ2v) is 7.04. The molecule has 2 fully saturated rings. The van der Waals surface area contributed by atoms with Crippen LogP contribution in [-0.2, 0) is 9.47 Å². The molecule has 2 unspecified atom stereocenters. The first-order chi connectivity index (χ1) is 11.7. The molecule has 1 saturated heterocycles. The summed E-state index contributed by atoms with van der Waals surface area (Å²) in [4.78, 5) is 14.6. The van der Waals surface area contributed by atoms with Crippen LogP contribution in [0, 0.1) is 5.41 Å². The first kappa shape index (κ1) is 17.7. The van der Waals surface area contributed by atoms with Crippen molar-refractivity contribution in [3.8, 4) is 0 Å². The van der Waals surface area contributed by atoms with Gasteiger partial charge in [-0.05, 0) is 32.6 Å². The van der Waals surface area contributed by atoms with Crippen LogP contribution < -0.4 is 10.6 Å². The maximum absolute atomic E-state index is 12.3. The monoisotopic (exact) mass is 337 g/mol. The lowest BCUT2D eigenvalue weighted by Gasteiger charge is -2.57. The van der Waals surface area contributed by atoms with Crippen LogP contribution in [0.5, 0.6) is 0 Å². The molecule has 0 aromatic heterocycles. The molecule has 1 saturated carbocycles. The van der Waals surface area contributed by atoms with Gasteiger partial charge in [-0.1, -0.05) is 12.2 Å². The molecule has 6 heteroatoms. The topological polar surface area (TPSA) is 62.8 Å². The third kappa shape index (κ3) is 3.92. The first-order valence-corrected chi connectivity index (χ1v) is 9.35. The van der Waals surface area contributed by atoms with Crippen molar-refractivity contribution in [1.82, 2.24) is 15.5 Å². The molecule has 3 aliphatic rings. The van der Waals surface area contributed by atoms with E-state index in [1.165, 1.54) is 0 Å². The van der Waals surface area contributed by atoms with Crippen molar-refractivity contribution in [2.24, 2.45) is 5.41 Å². The van der Waals surface area contributed by atoms with E-state index in [4.69, 9.17) is 9.47 Å². The zero-order valence-electron chi connectivity index (χ0n) is 14.8. The molecular formula is C18H31N3O3. The van der Waals surface area contributed by atoms with E-state index < -0.39 is 0 Å². The fraction of sp³-hybridized carbons (Fsp3) is 0.833. The van der Waals surface area contributed by atoms with E-state index in [0.29, 0.717) is 6.54 Å². The standard InChI is InChI=1S/C18H31N3O3/c1-2-24-16-14-15(18(16)6-12-23-13-7-18)20-17(22)19-8-11-21-9-4-3-5-10-21/h3-4,15-16H,2,5-14H2,1H3,(H2,19,20,22). The summed E-state index contributed by atoms with van der Waals surface area (Å²) in [7, 11) is 0. The van der Waals surface area contributed by atoms with Gasteiger partial charge in [0.15, 0.2) is 0 Å². The van der Waals surface area contributed by atoms with Crippen molar-refractivity contribution in [2.45, 2.75) is 44.8 Å². The number of nitrogens with zero attached hydrogens (tertiary/aromatic N) is 1. The van der Waals surface area contributed by atoms with Gasteiger partial charge in [0.2, 0.25) is 0 Å². The number of rotatable bonds is 6. The third-order valence-electron chi connectivity index (χ3n) is 5.74. The van der Waals surface area contributed by atoms with Gasteiger partial charge < -0.3 is 20.1 Å². The SMILES string of the molecule is CCOC1CC(NC(=O)NCCN2CC=CCC2)C12CCOCC2. The van der Waals surface area contributed by atoms with Crippen LogP contribution >= 0.6 is 0 Å². The Balaban J connectivity index is 1.42. The molecule has 2 aliphatic heterocycles. The van der Waals surface area contributed by atoms with Crippen LogP contribution in [0.3, 0.4) is 0 Å². The van der Waals surface area contributed by atoms with Gasteiger partial charge in [0.1, 0.15) is 0 Å². The summed E-state index contributed by atoms with van der Waals surface area (Å²) in [5, 5.41) is 6.19. The number of urea groups is 1. The Labute approximate surface area is 144 Å². The van der Waals surface area contributed by atoms with Crippen LogP contribution in [0.15, 0.2) is 12.2 Å². The lowest BCUT2D eigenvalue weighted by atomic mass is 9.57. The summed E-state index contributed by atoms with van der Waals surface area (Å²) in [5.74, 6) is 0. The second-order valence-electron chi connectivity index (χ2n) is 7.04. The Morgan fingerprint density at radius 2 is 2.21 bits per heavy atom. The Morgan fingerprint density at radius 1 is 1.38 bits per heavy atom. The maximum Gasteiger partial charge on any atom is 0.315 e. The fourth-order valence-corrected chi connectivity index (χ4v) is 4.24. The van der Waals surface area contributed by atoms with Crippen LogP contribution in [0.25, 0.3) is 0 Å². The van der Waals surface area contributed by atoms with Crippen LogP contribution in [0.1, 0.15) is 32.6 Å². The molecule has 24 heavy (non-hydrogen) atoms. The van der Waals surface area contributed by atoms with Gasteiger partial charge in [-0.2, -0.15) is 0 Å². The van der Waals surface area contributed by atoms with Crippen LogP contribution in [0.2, 0.25) is 0 Å². The maximum atomic E-state index is 12.3. The highest BCUT2D eigenvalue weighted by atomic mass is 16.5. The quantitative estimate of drug-likeness (QED) is 0.722. The van der Waals surface area contributed by atoms with Gasteiger partial charge in [-0.25, -0.2) is 4.79 Å². The van der Waals surface area contributed by atoms with Gasteiger partial charge in [-0.15, -0.1) is 0 Å². The van der Waals surface area contributed by atoms with Gasteiger partial charge in [0.25, 0.3) is 0 Å². The summed E-state index contributed by atoms with van der Waals surface area (Å²) < 4.78 is 11.4. The molecule has 1 spiro atoms. The Hall–Kier alpha value is -1.11. The van der Waals surface area contributed by atoms with Gasteiger partial charge >= 0.3 is 6.03 Å². The first-order valence-electron chi connectivity index (χ1n) is 9.35. The molecule has 2 N–H and O–H groups in total. The van der Waals surface area contributed by atoms with Crippen molar-refractivity contribution in [3.63, 3.8) is 0 Å². The Morgan fingerprint density at radius 3 is 2.92 bits per heavy atom. The predicted molar refractivity (Wildman–Crippen MR) is 93.0 cm³/mol. The summed E-state index contributed by atoms with van der Waals surface area (Å²) >= 11 is 0. The minimum Gasteiger partial charge on any atom is -0.381 e. The highest BCUT2D eigenvalue weighted by Crippen LogP contribution is 2.50. The van der Waals surface area contributed by atoms with E-state index in [1.54, 1.807) is 0 Å². The number of amides is 2. The minimum atomic E-state index is -0.0478. The Bertz CT molecular complexity index is 449. The average Bonchev–Trinajstić information content (AvgIpc) is 2.62. The molecule has 6 nitrogen and oxygen atoms in total. The van der Waals surface area contributed by atoms with Crippen molar-refractivity contribution in [3.05, 3.63) is 12.2 Å². The predicted octanol–water partition coefficient (Wildman–Crippen LogP) is 1.52. The molecule has 136 valence electrons. The van der Waals surface area contributed by atoms with Crippen molar-refractivity contribution in [1.29, 1.82) is 0 Å². The lowest BCUT2D eigenvalue weighted by molar-refractivity contribution is -0.169. The van der Waals surface area contributed by atoms with Gasteiger partial charge in [0.05, 0.1) is 6.10 Å². The number of carbonyl (C=O) groups excluding carboxylic acids is 1. The van der Waals surface area contributed by atoms with Crippen molar-refractivity contribution < 1.29 is 14.3 Å². The molecule has 2 atom stereocenters. The summed E-state index contributed by atoms with van der Waals surface area (Å²) in [6.45, 7) is 7.98. The number of hydrogen-bond donors (Lipinski definition) is 2. The van der Waals surface area contributed by atoms with Gasteiger partial charge in [0, 0.05) is 57.5 Å². The zero-order chi connectivity index (χ0) is 16.8. The Kier molecular flexibility index (Phi) is 6.14. The molecule has 1 aliphatic carbocycles. The number of nitrogens with one attached hydrogen (secondary N) is 2. The molecule has 0 aromatic rings. The molecule has 3 rings (SSSR count).